The van der Waals surface area contributed by atoms with Gasteiger partial charge in [0, 0.05) is 33.2 Å². The van der Waals surface area contributed by atoms with E-state index in [1.165, 1.54) is 25.7 Å². The van der Waals surface area contributed by atoms with Crippen LogP contribution in [0.3, 0.4) is 0 Å². The first-order valence-electron chi connectivity index (χ1n) is 10.1. The zero-order valence-electron chi connectivity index (χ0n) is 16.2. The first-order chi connectivity index (χ1) is 13.7. The Morgan fingerprint density at radius 1 is 0.893 bits per heavy atom. The molecule has 2 fully saturated rings. The number of hydrogen-bond donors (Lipinski definition) is 0. The molecular weight excluding hydrogens is 348 g/mol. The van der Waals surface area contributed by atoms with Gasteiger partial charge in [0.05, 0.1) is 22.7 Å². The highest BCUT2D eigenvalue weighted by Crippen LogP contribution is 2.35. The van der Waals surface area contributed by atoms with Crippen molar-refractivity contribution in [1.82, 2.24) is 14.5 Å². The molecule has 0 atom stereocenters. The van der Waals surface area contributed by atoms with Gasteiger partial charge in [-0.15, -0.1) is 0 Å². The number of fused-ring (bicyclic) bond motifs is 1. The molecule has 0 saturated carbocycles. The summed E-state index contributed by atoms with van der Waals surface area (Å²) in [5, 5.41) is 10.2. The molecule has 2 aliphatic rings. The van der Waals surface area contributed by atoms with Crippen molar-refractivity contribution in [3.63, 3.8) is 0 Å². The summed E-state index contributed by atoms with van der Waals surface area (Å²) in [5.74, 6) is 1.93. The van der Waals surface area contributed by atoms with Crippen LogP contribution in [0.2, 0.25) is 0 Å². The van der Waals surface area contributed by atoms with Crippen LogP contribution in [-0.4, -0.2) is 40.7 Å². The van der Waals surface area contributed by atoms with Crippen molar-refractivity contribution in [2.75, 3.05) is 36.0 Å². The molecule has 0 bridgehead atoms. The van der Waals surface area contributed by atoms with Crippen molar-refractivity contribution in [3.8, 4) is 17.3 Å². The zero-order valence-corrected chi connectivity index (χ0v) is 16.2. The molecule has 5 rings (SSSR count). The van der Waals surface area contributed by atoms with Crippen LogP contribution in [0.1, 0.15) is 31.2 Å². The van der Waals surface area contributed by atoms with Crippen molar-refractivity contribution in [3.05, 3.63) is 35.9 Å². The second kappa shape index (κ2) is 6.83. The molecule has 2 aliphatic heterocycles. The van der Waals surface area contributed by atoms with Crippen LogP contribution in [0.15, 0.2) is 30.3 Å². The van der Waals surface area contributed by atoms with Gasteiger partial charge in [-0.25, -0.2) is 0 Å². The highest BCUT2D eigenvalue weighted by Gasteiger charge is 2.24. The maximum absolute atomic E-state index is 9.08. The smallest absolute Gasteiger partial charge is 0.229 e. The Hall–Kier alpha value is -3.07. The minimum atomic E-state index is 0.677. The number of aryl methyl sites for hydroxylation is 1. The van der Waals surface area contributed by atoms with E-state index in [4.69, 9.17) is 15.2 Å². The van der Waals surface area contributed by atoms with Gasteiger partial charge < -0.3 is 14.4 Å². The minimum absolute atomic E-state index is 0.677. The Labute approximate surface area is 165 Å². The predicted octanol–water partition coefficient (Wildman–Crippen LogP) is 3.71. The Morgan fingerprint density at radius 3 is 2.18 bits per heavy atom. The number of anilines is 2. The highest BCUT2D eigenvalue weighted by atomic mass is 15.3. The summed E-state index contributed by atoms with van der Waals surface area (Å²) in [4.78, 5) is 14.7. The molecule has 28 heavy (non-hydrogen) atoms. The topological polar surface area (TPSA) is 61.0 Å². The van der Waals surface area contributed by atoms with E-state index in [0.29, 0.717) is 5.56 Å². The summed E-state index contributed by atoms with van der Waals surface area (Å²) < 4.78 is 2.16. The standard InChI is InChI=1S/C22H24N6/c1-26-19(17-8-6-16(15-23)7-9-17)14-18-20(26)24-22(28-12-4-5-13-28)25-21(18)27-10-2-3-11-27/h6-9,14H,2-5,10-13H2,1H3. The zero-order chi connectivity index (χ0) is 19.1. The van der Waals surface area contributed by atoms with Gasteiger partial charge in [-0.05, 0) is 49.4 Å². The first-order valence-corrected chi connectivity index (χ1v) is 10.1. The molecule has 2 aromatic heterocycles. The fourth-order valence-electron chi connectivity index (χ4n) is 4.39. The van der Waals surface area contributed by atoms with Crippen molar-refractivity contribution in [1.29, 1.82) is 5.26 Å². The van der Waals surface area contributed by atoms with Crippen LogP contribution < -0.4 is 9.80 Å². The van der Waals surface area contributed by atoms with E-state index in [1.54, 1.807) is 0 Å². The lowest BCUT2D eigenvalue weighted by atomic mass is 10.1. The lowest BCUT2D eigenvalue weighted by Crippen LogP contribution is -2.24. The van der Waals surface area contributed by atoms with Gasteiger partial charge in [-0.1, -0.05) is 12.1 Å². The lowest BCUT2D eigenvalue weighted by molar-refractivity contribution is 0.870. The maximum Gasteiger partial charge on any atom is 0.229 e. The Balaban J connectivity index is 1.68. The highest BCUT2D eigenvalue weighted by molar-refractivity contribution is 5.94. The van der Waals surface area contributed by atoms with Gasteiger partial charge in [-0.3, -0.25) is 0 Å². The number of rotatable bonds is 3. The molecular formula is C22H24N6. The van der Waals surface area contributed by atoms with Crippen LogP contribution in [0.5, 0.6) is 0 Å². The average molecular weight is 372 g/mol. The van der Waals surface area contributed by atoms with Gasteiger partial charge in [0.2, 0.25) is 5.95 Å². The van der Waals surface area contributed by atoms with E-state index >= 15 is 0 Å². The molecule has 4 heterocycles. The van der Waals surface area contributed by atoms with Crippen molar-refractivity contribution in [2.45, 2.75) is 25.7 Å². The van der Waals surface area contributed by atoms with E-state index in [1.807, 2.05) is 24.3 Å². The lowest BCUT2D eigenvalue weighted by Gasteiger charge is -2.21. The quantitative estimate of drug-likeness (QED) is 0.701. The molecule has 0 aliphatic carbocycles. The summed E-state index contributed by atoms with van der Waals surface area (Å²) in [6, 6.07) is 12.2. The van der Waals surface area contributed by atoms with Gasteiger partial charge in [0.25, 0.3) is 0 Å². The molecule has 0 N–H and O–H groups in total. The van der Waals surface area contributed by atoms with Crippen molar-refractivity contribution >= 4 is 22.8 Å². The molecule has 6 nitrogen and oxygen atoms in total. The summed E-state index contributed by atoms with van der Waals surface area (Å²) in [6.07, 6.45) is 4.87. The maximum atomic E-state index is 9.08. The minimum Gasteiger partial charge on any atom is -0.356 e. The van der Waals surface area contributed by atoms with Crippen LogP contribution >= 0.6 is 0 Å². The molecule has 6 heteroatoms. The summed E-state index contributed by atoms with van der Waals surface area (Å²) in [7, 11) is 2.07. The third-order valence-corrected chi connectivity index (χ3v) is 5.96. The summed E-state index contributed by atoms with van der Waals surface area (Å²) in [6.45, 7) is 4.20. The normalized spacial score (nSPS) is 16.9. The Morgan fingerprint density at radius 2 is 1.54 bits per heavy atom. The monoisotopic (exact) mass is 372 g/mol. The van der Waals surface area contributed by atoms with Crippen LogP contribution in [0.25, 0.3) is 22.3 Å². The van der Waals surface area contributed by atoms with Crippen LogP contribution in [0, 0.1) is 11.3 Å². The largest absolute Gasteiger partial charge is 0.356 e. The molecule has 1 aromatic carbocycles. The van der Waals surface area contributed by atoms with Crippen LogP contribution in [0.4, 0.5) is 11.8 Å². The summed E-state index contributed by atoms with van der Waals surface area (Å²) in [5.41, 5.74) is 3.86. The third-order valence-electron chi connectivity index (χ3n) is 5.96. The van der Waals surface area contributed by atoms with E-state index in [2.05, 4.69) is 33.6 Å². The second-order valence-electron chi connectivity index (χ2n) is 7.75. The van der Waals surface area contributed by atoms with Crippen molar-refractivity contribution < 1.29 is 0 Å². The molecule has 2 saturated heterocycles. The summed E-state index contributed by atoms with van der Waals surface area (Å²) >= 11 is 0. The van der Waals surface area contributed by atoms with E-state index in [0.717, 1.165) is 60.2 Å². The molecule has 0 radical (unpaired) electrons. The van der Waals surface area contributed by atoms with E-state index in [-0.39, 0.29) is 0 Å². The Bertz CT molecular complexity index is 1050. The van der Waals surface area contributed by atoms with Gasteiger partial charge >= 0.3 is 0 Å². The fraction of sp³-hybridized carbons (Fsp3) is 0.409. The molecule has 0 spiro atoms. The molecule has 0 amide bonds. The number of nitrogens with zero attached hydrogens (tertiary/aromatic N) is 6. The second-order valence-corrected chi connectivity index (χ2v) is 7.75. The first kappa shape index (κ1) is 17.1. The van der Waals surface area contributed by atoms with Gasteiger partial charge in [0.1, 0.15) is 11.5 Å². The van der Waals surface area contributed by atoms with Gasteiger partial charge in [0.15, 0.2) is 0 Å². The predicted molar refractivity (Wildman–Crippen MR) is 112 cm³/mol. The molecule has 142 valence electrons. The van der Waals surface area contributed by atoms with Crippen molar-refractivity contribution in [2.24, 2.45) is 7.05 Å². The fourth-order valence-corrected chi connectivity index (χ4v) is 4.39. The number of nitriles is 1. The SMILES string of the molecule is Cn1c(-c2ccc(C#N)cc2)cc2c(N3CCCC3)nc(N3CCCC3)nc21. The molecule has 0 unspecified atom stereocenters. The van der Waals surface area contributed by atoms with Gasteiger partial charge in [-0.2, -0.15) is 15.2 Å². The number of hydrogen-bond acceptors (Lipinski definition) is 5. The van der Waals surface area contributed by atoms with E-state index in [9.17, 15) is 0 Å². The molecule has 3 aromatic rings. The third kappa shape index (κ3) is 2.78. The Kier molecular flexibility index (Phi) is 4.16. The number of aromatic nitrogens is 3. The van der Waals surface area contributed by atoms with Crippen LogP contribution in [-0.2, 0) is 7.05 Å². The number of benzene rings is 1. The average Bonchev–Trinajstić information content (AvgIpc) is 3.49. The van der Waals surface area contributed by atoms with E-state index < -0.39 is 0 Å².